The Bertz CT molecular complexity index is 360. The molecule has 0 amide bonds. The number of carbonyl (C=O) groups excluding carboxylic acids is 4. The summed E-state index contributed by atoms with van der Waals surface area (Å²) in [5.74, 6) is -1.88. The van der Waals surface area contributed by atoms with Crippen LogP contribution in [0.4, 0.5) is 0 Å². The van der Waals surface area contributed by atoms with Gasteiger partial charge in [0.2, 0.25) is 0 Å². The van der Waals surface area contributed by atoms with Crippen LogP contribution in [-0.2, 0) is 23.0 Å². The molecule has 6 heteroatoms. The molecule has 0 aromatic heterocycles. The van der Waals surface area contributed by atoms with Gasteiger partial charge in [0, 0.05) is 0 Å². The van der Waals surface area contributed by atoms with Crippen LogP contribution in [0.1, 0.15) is 59.8 Å². The molecule has 20 heavy (non-hydrogen) atoms. The minimum Gasteiger partial charge on any atom is -0.607 e. The number of Topliss-reactive ketones (excluding diaryl/α,β-unsaturated/α-hetero) is 1. The zero-order chi connectivity index (χ0) is 15.7. The molecule has 5 nitrogen and oxygen atoms in total. The lowest BCUT2D eigenvalue weighted by Crippen LogP contribution is -2.42. The molecule has 0 N–H and O–H groups in total. The molecular formula is C14H23AlO5. The molecule has 0 heterocycles. The molecule has 0 saturated carbocycles. The van der Waals surface area contributed by atoms with E-state index < -0.39 is 26.4 Å². The highest BCUT2D eigenvalue weighted by molar-refractivity contribution is 7.07. The van der Waals surface area contributed by atoms with Crippen LogP contribution in [0.25, 0.3) is 0 Å². The van der Waals surface area contributed by atoms with E-state index in [1.54, 1.807) is 6.92 Å². The fourth-order valence-electron chi connectivity index (χ4n) is 1.88. The minimum atomic E-state index is -2.91. The Balaban J connectivity index is 4.96. The fraction of sp³-hybridized carbons (Fsp3) is 0.714. The predicted molar refractivity (Wildman–Crippen MR) is 76.1 cm³/mol. The summed E-state index contributed by atoms with van der Waals surface area (Å²) in [4.78, 5) is 47.2. The normalized spacial score (nSPS) is 11.6. The number of hydrogen-bond acceptors (Lipinski definition) is 5. The number of rotatable bonds is 10. The van der Waals surface area contributed by atoms with Crippen LogP contribution in [0.2, 0.25) is 0 Å². The lowest BCUT2D eigenvalue weighted by Gasteiger charge is -2.16. The van der Waals surface area contributed by atoms with Gasteiger partial charge in [0.15, 0.2) is 0 Å². The topological polar surface area (TPSA) is 77.5 Å². The second-order valence-corrected chi connectivity index (χ2v) is 7.10. The Morgan fingerprint density at radius 3 is 1.70 bits per heavy atom. The fourth-order valence-corrected chi connectivity index (χ4v) is 4.00. The molecule has 0 aliphatic heterocycles. The van der Waals surface area contributed by atoms with Crippen molar-refractivity contribution in [2.75, 3.05) is 0 Å². The maximum absolute atomic E-state index is 12.0. The molecule has 0 aliphatic carbocycles. The third-order valence-corrected chi connectivity index (χ3v) is 5.21. The molecule has 0 spiro atoms. The van der Waals surface area contributed by atoms with E-state index in [0.717, 1.165) is 0 Å². The first-order valence-electron chi connectivity index (χ1n) is 7.15. The lowest BCUT2D eigenvalue weighted by atomic mass is 10.0. The highest BCUT2D eigenvalue weighted by Gasteiger charge is 2.43. The highest BCUT2D eigenvalue weighted by atomic mass is 27.2. The van der Waals surface area contributed by atoms with E-state index in [0.29, 0.717) is 19.3 Å². The van der Waals surface area contributed by atoms with Crippen LogP contribution in [0.15, 0.2) is 0 Å². The van der Waals surface area contributed by atoms with E-state index >= 15 is 0 Å². The van der Waals surface area contributed by atoms with E-state index in [2.05, 4.69) is 0 Å². The van der Waals surface area contributed by atoms with Crippen molar-refractivity contribution in [1.29, 1.82) is 0 Å². The summed E-state index contributed by atoms with van der Waals surface area (Å²) in [6.45, 7) is 6.68. The Hall–Kier alpha value is -0.988. The van der Waals surface area contributed by atoms with Gasteiger partial charge in [0.05, 0.1) is 0 Å². The lowest BCUT2D eigenvalue weighted by molar-refractivity contribution is -0.145. The van der Waals surface area contributed by atoms with Crippen LogP contribution in [0, 0.1) is 5.92 Å². The first-order chi connectivity index (χ1) is 9.38. The monoisotopic (exact) mass is 298 g/mol. The molecule has 0 aliphatic rings. The first kappa shape index (κ1) is 19.0. The summed E-state index contributed by atoms with van der Waals surface area (Å²) < 4.78 is 4.67. The summed E-state index contributed by atoms with van der Waals surface area (Å²) in [5.41, 5.74) is 0. The summed E-state index contributed by atoms with van der Waals surface area (Å²) in [7, 11) is 0. The van der Waals surface area contributed by atoms with Gasteiger partial charge < -0.3 is 13.4 Å². The van der Waals surface area contributed by atoms with Crippen molar-refractivity contribution < 1.29 is 23.0 Å². The van der Waals surface area contributed by atoms with Crippen LogP contribution in [-0.4, -0.2) is 35.5 Å². The van der Waals surface area contributed by atoms with E-state index in [1.165, 1.54) is 6.92 Å². The van der Waals surface area contributed by atoms with Gasteiger partial charge in [0.25, 0.3) is 5.97 Å². The largest absolute Gasteiger partial charge is 0.713 e. The van der Waals surface area contributed by atoms with Crippen LogP contribution in [0.5, 0.6) is 0 Å². The van der Waals surface area contributed by atoms with E-state index in [1.807, 2.05) is 13.8 Å². The molecule has 0 fully saturated rings. The Labute approximate surface area is 124 Å². The van der Waals surface area contributed by atoms with Crippen molar-refractivity contribution in [1.82, 2.24) is 0 Å². The summed E-state index contributed by atoms with van der Waals surface area (Å²) in [5, 5.41) is 0. The van der Waals surface area contributed by atoms with Gasteiger partial charge in [0.1, 0.15) is 21.0 Å². The quantitative estimate of drug-likeness (QED) is 0.455. The van der Waals surface area contributed by atoms with Crippen molar-refractivity contribution in [3.05, 3.63) is 0 Å². The average molecular weight is 298 g/mol. The third kappa shape index (κ3) is 5.98. The smallest absolute Gasteiger partial charge is 0.607 e. The number of carbonyl (C=O) groups is 4. The van der Waals surface area contributed by atoms with Crippen molar-refractivity contribution in [3.63, 3.8) is 0 Å². The van der Waals surface area contributed by atoms with Gasteiger partial charge in [-0.05, 0) is 26.2 Å². The van der Waals surface area contributed by atoms with Crippen LogP contribution in [0.3, 0.4) is 0 Å². The standard InChI is InChI=1S/C6H10O3.2C4H7O.Al/c1-3-5(4(2)7)6(8)9;2*1-2-3-4-5;/h5H,3H2,1-2H3,(H,8,9);2*2-3H2,1H3;/q;;;+1/p-1. The van der Waals surface area contributed by atoms with Crippen LogP contribution < -0.4 is 0 Å². The van der Waals surface area contributed by atoms with Crippen LogP contribution >= 0.6 is 0 Å². The van der Waals surface area contributed by atoms with E-state index in [9.17, 15) is 19.2 Å². The molecule has 1 atom stereocenters. The van der Waals surface area contributed by atoms with Crippen molar-refractivity contribution in [2.24, 2.45) is 5.92 Å². The van der Waals surface area contributed by atoms with Crippen molar-refractivity contribution in [2.45, 2.75) is 59.8 Å². The summed E-state index contributed by atoms with van der Waals surface area (Å²) in [6, 6.07) is 0. The molecule has 112 valence electrons. The highest BCUT2D eigenvalue weighted by Crippen LogP contribution is 2.10. The summed E-state index contributed by atoms with van der Waals surface area (Å²) in [6.07, 6.45) is 2.04. The van der Waals surface area contributed by atoms with Crippen molar-refractivity contribution >= 4 is 35.5 Å². The van der Waals surface area contributed by atoms with E-state index in [-0.39, 0.29) is 27.9 Å². The van der Waals surface area contributed by atoms with Gasteiger partial charge in [-0.2, -0.15) is 0 Å². The second kappa shape index (κ2) is 9.84. The second-order valence-electron chi connectivity index (χ2n) is 4.82. The zero-order valence-corrected chi connectivity index (χ0v) is 13.9. The van der Waals surface area contributed by atoms with Gasteiger partial charge in [-0.25, -0.2) is 0 Å². The van der Waals surface area contributed by atoms with Gasteiger partial charge in [-0.15, -0.1) is 0 Å². The molecular weight excluding hydrogens is 275 g/mol. The summed E-state index contributed by atoms with van der Waals surface area (Å²) >= 11 is -2.91. The number of hydrogen-bond donors (Lipinski definition) is 0. The molecule has 0 saturated heterocycles. The molecule has 0 bridgehead atoms. The zero-order valence-electron chi connectivity index (χ0n) is 12.7. The van der Waals surface area contributed by atoms with Gasteiger partial charge in [-0.1, -0.05) is 33.6 Å². The first-order valence-corrected chi connectivity index (χ1v) is 8.77. The minimum absolute atomic E-state index is 0.247. The third-order valence-electron chi connectivity index (χ3n) is 3.00. The predicted octanol–water partition coefficient (Wildman–Crippen LogP) is 1.95. The Morgan fingerprint density at radius 1 is 0.950 bits per heavy atom. The molecule has 1 unspecified atom stereocenters. The van der Waals surface area contributed by atoms with Crippen molar-refractivity contribution in [3.8, 4) is 0 Å². The van der Waals surface area contributed by atoms with E-state index in [4.69, 9.17) is 3.79 Å². The maximum Gasteiger partial charge on any atom is 0.713 e. The van der Waals surface area contributed by atoms with Gasteiger partial charge >= 0.3 is 14.5 Å². The number of ketones is 1. The molecule has 0 aromatic carbocycles. The molecule has 0 radical (unpaired) electrons. The molecule has 0 aromatic rings. The Morgan fingerprint density at radius 2 is 1.40 bits per heavy atom. The van der Waals surface area contributed by atoms with Gasteiger partial charge in [-0.3, -0.25) is 9.59 Å². The maximum atomic E-state index is 12.0. The average Bonchev–Trinajstić information content (AvgIpc) is 2.36. The Kier molecular flexibility index (Phi) is 9.36. The molecule has 0 rings (SSSR count). The SMILES string of the molecule is CCC[C](=O)[Al]([O]C(=O)C(CC)C(C)=O)[C](=O)CCC.